The minimum atomic E-state index is -1.13. The van der Waals surface area contributed by atoms with Crippen molar-refractivity contribution in [3.8, 4) is 0 Å². The van der Waals surface area contributed by atoms with Crippen LogP contribution >= 0.6 is 12.4 Å². The summed E-state index contributed by atoms with van der Waals surface area (Å²) in [6, 6.07) is 16.9. The molecule has 0 aromatic heterocycles. The van der Waals surface area contributed by atoms with Crippen molar-refractivity contribution in [1.29, 1.82) is 0 Å². The molecule has 2 aromatic carbocycles. The van der Waals surface area contributed by atoms with Crippen LogP contribution in [-0.4, -0.2) is 60.6 Å². The van der Waals surface area contributed by atoms with Crippen molar-refractivity contribution in [1.82, 2.24) is 10.2 Å². The zero-order valence-electron chi connectivity index (χ0n) is 23.0. The molecule has 2 aromatic rings. The van der Waals surface area contributed by atoms with E-state index in [-0.39, 0.29) is 42.2 Å². The highest BCUT2D eigenvalue weighted by Crippen LogP contribution is 2.52. The Hall–Kier alpha value is -2.94. The van der Waals surface area contributed by atoms with Crippen LogP contribution in [0.1, 0.15) is 62.6 Å². The first-order chi connectivity index (χ1) is 18.1. The minimum absolute atomic E-state index is 0. The molecule has 4 rings (SSSR count). The largest absolute Gasteiger partial charge is 0.466 e. The number of likely N-dealkylation sites (tertiary alicyclic amines) is 1. The van der Waals surface area contributed by atoms with Crippen LogP contribution in [-0.2, 0) is 35.9 Å². The molecular weight excluding hydrogens is 518 g/mol. The van der Waals surface area contributed by atoms with E-state index in [2.05, 4.69) is 11.4 Å². The molecule has 1 spiro atoms. The van der Waals surface area contributed by atoms with Crippen LogP contribution < -0.4 is 11.1 Å². The Balaban J connectivity index is 0.00000420. The van der Waals surface area contributed by atoms with Gasteiger partial charge in [0.25, 0.3) is 0 Å². The summed E-state index contributed by atoms with van der Waals surface area (Å²) in [6.45, 7) is 6.83. The zero-order valence-corrected chi connectivity index (χ0v) is 23.8. The van der Waals surface area contributed by atoms with Gasteiger partial charge < -0.3 is 25.4 Å². The average Bonchev–Trinajstić information content (AvgIpc) is 3.22. The number of hydrogen-bond acceptors (Lipinski definition) is 6. The normalized spacial score (nSPS) is 18.6. The van der Waals surface area contributed by atoms with Crippen molar-refractivity contribution < 1.29 is 23.9 Å². The molecule has 1 saturated heterocycles. The molecular formula is C30H40ClN3O5. The van der Waals surface area contributed by atoms with E-state index in [9.17, 15) is 14.4 Å². The number of benzene rings is 2. The molecule has 2 atom stereocenters. The minimum Gasteiger partial charge on any atom is -0.466 e. The predicted octanol–water partition coefficient (Wildman–Crippen LogP) is 3.46. The first-order valence-electron chi connectivity index (χ1n) is 13.4. The van der Waals surface area contributed by atoms with E-state index >= 15 is 0 Å². The Bertz CT molecular complexity index is 1140. The van der Waals surface area contributed by atoms with E-state index in [1.165, 1.54) is 5.56 Å². The number of nitrogens with two attached hydrogens (primary N) is 1. The van der Waals surface area contributed by atoms with Crippen molar-refractivity contribution >= 4 is 30.2 Å². The van der Waals surface area contributed by atoms with E-state index in [1.54, 1.807) is 18.7 Å². The second kappa shape index (κ2) is 12.9. The second-order valence-corrected chi connectivity index (χ2v) is 11.0. The maximum absolute atomic E-state index is 13.6. The maximum atomic E-state index is 13.6. The quantitative estimate of drug-likeness (QED) is 0.457. The standard InChI is InChI=1S/C30H39N3O5.ClH/c1-4-38-27(35)23-18-30(24-13-9-8-12-22(23)24)14-16-33(17-15-30)26(34)25(32-28(36)29(2,3)31)20-37-19-21-10-6-5-7-11-21;/h5-13,23,25H,4,14-20,31H2,1-3H3,(H,32,36);1H/t23-,25+;/m0./s1. The first-order valence-corrected chi connectivity index (χ1v) is 13.4. The van der Waals surface area contributed by atoms with Crippen LogP contribution in [0.15, 0.2) is 54.6 Å². The van der Waals surface area contributed by atoms with Gasteiger partial charge in [-0.15, -0.1) is 12.4 Å². The van der Waals surface area contributed by atoms with Gasteiger partial charge in [0.15, 0.2) is 0 Å². The molecule has 1 aliphatic carbocycles. The van der Waals surface area contributed by atoms with Crippen LogP contribution in [0, 0.1) is 0 Å². The van der Waals surface area contributed by atoms with Crippen molar-refractivity contribution in [3.63, 3.8) is 0 Å². The van der Waals surface area contributed by atoms with E-state index in [1.807, 2.05) is 55.5 Å². The van der Waals surface area contributed by atoms with Crippen LogP contribution in [0.3, 0.4) is 0 Å². The Morgan fingerprint density at radius 1 is 1.08 bits per heavy atom. The third kappa shape index (κ3) is 6.99. The Morgan fingerprint density at radius 3 is 2.36 bits per heavy atom. The fraction of sp³-hybridized carbons (Fsp3) is 0.500. The molecule has 212 valence electrons. The molecule has 2 amide bonds. The average molecular weight is 558 g/mol. The highest BCUT2D eigenvalue weighted by molar-refractivity contribution is 5.91. The lowest BCUT2D eigenvalue weighted by molar-refractivity contribution is -0.145. The summed E-state index contributed by atoms with van der Waals surface area (Å²) >= 11 is 0. The molecule has 8 nitrogen and oxygen atoms in total. The molecule has 3 N–H and O–H groups in total. The van der Waals surface area contributed by atoms with Gasteiger partial charge in [0.1, 0.15) is 6.04 Å². The van der Waals surface area contributed by atoms with Gasteiger partial charge >= 0.3 is 5.97 Å². The van der Waals surface area contributed by atoms with E-state index in [4.69, 9.17) is 15.2 Å². The number of amides is 2. The molecule has 9 heteroatoms. The lowest BCUT2D eigenvalue weighted by Gasteiger charge is -2.41. The number of nitrogens with one attached hydrogen (secondary N) is 1. The third-order valence-electron chi connectivity index (χ3n) is 7.69. The third-order valence-corrected chi connectivity index (χ3v) is 7.69. The Morgan fingerprint density at radius 2 is 1.72 bits per heavy atom. The smallest absolute Gasteiger partial charge is 0.313 e. The molecule has 1 fully saturated rings. The lowest BCUT2D eigenvalue weighted by atomic mass is 9.73. The second-order valence-electron chi connectivity index (χ2n) is 11.0. The zero-order chi connectivity index (χ0) is 27.3. The van der Waals surface area contributed by atoms with E-state index < -0.39 is 17.5 Å². The SMILES string of the molecule is CCOC(=O)[C@H]1CC2(CCN(C(=O)[C@@H](COCc3ccccc3)NC(=O)C(C)(C)N)CC2)c2ccccc21.Cl. The van der Waals surface area contributed by atoms with Gasteiger partial charge in [0.2, 0.25) is 11.8 Å². The molecule has 0 radical (unpaired) electrons. The summed E-state index contributed by atoms with van der Waals surface area (Å²) in [5.74, 6) is -1.05. The highest BCUT2D eigenvalue weighted by Gasteiger charge is 2.48. The van der Waals surface area contributed by atoms with Crippen LogP contribution in [0.25, 0.3) is 0 Å². The van der Waals surface area contributed by atoms with Crippen molar-refractivity contribution in [3.05, 3.63) is 71.3 Å². The van der Waals surface area contributed by atoms with Crippen molar-refractivity contribution in [2.24, 2.45) is 5.73 Å². The number of fused-ring (bicyclic) bond motifs is 2. The monoisotopic (exact) mass is 557 g/mol. The maximum Gasteiger partial charge on any atom is 0.313 e. The number of carbonyl (C=O) groups is 3. The van der Waals surface area contributed by atoms with Gasteiger partial charge in [0.05, 0.1) is 31.3 Å². The van der Waals surface area contributed by atoms with Gasteiger partial charge in [-0.2, -0.15) is 0 Å². The van der Waals surface area contributed by atoms with Gasteiger partial charge in [-0.3, -0.25) is 14.4 Å². The number of ether oxygens (including phenoxy) is 2. The number of halogens is 1. The summed E-state index contributed by atoms with van der Waals surface area (Å²) in [7, 11) is 0. The molecule has 1 heterocycles. The van der Waals surface area contributed by atoms with E-state index in [0.29, 0.717) is 32.7 Å². The summed E-state index contributed by atoms with van der Waals surface area (Å²) < 4.78 is 11.2. The number of hydrogen-bond donors (Lipinski definition) is 2. The Labute approximate surface area is 237 Å². The molecule has 1 aliphatic heterocycles. The lowest BCUT2D eigenvalue weighted by Crippen LogP contribution is -2.59. The molecule has 0 unspecified atom stereocenters. The summed E-state index contributed by atoms with van der Waals surface area (Å²) in [5.41, 5.74) is 7.90. The number of nitrogens with zero attached hydrogens (tertiary/aromatic N) is 1. The fourth-order valence-corrected chi connectivity index (χ4v) is 5.58. The van der Waals surface area contributed by atoms with Crippen molar-refractivity contribution in [2.45, 2.75) is 69.6 Å². The summed E-state index contributed by atoms with van der Waals surface area (Å²) in [6.07, 6.45) is 2.16. The van der Waals surface area contributed by atoms with E-state index in [0.717, 1.165) is 24.0 Å². The van der Waals surface area contributed by atoms with Crippen LogP contribution in [0.5, 0.6) is 0 Å². The fourth-order valence-electron chi connectivity index (χ4n) is 5.58. The molecule has 2 aliphatic rings. The molecule has 0 saturated carbocycles. The topological polar surface area (TPSA) is 111 Å². The number of esters is 1. The Kier molecular flexibility index (Phi) is 10.2. The van der Waals surface area contributed by atoms with Gasteiger partial charge in [-0.25, -0.2) is 0 Å². The number of piperidine rings is 1. The number of rotatable bonds is 9. The van der Waals surface area contributed by atoms with Gasteiger partial charge in [0, 0.05) is 18.5 Å². The van der Waals surface area contributed by atoms with Gasteiger partial charge in [-0.1, -0.05) is 54.6 Å². The summed E-state index contributed by atoms with van der Waals surface area (Å²) in [4.78, 5) is 40.8. The van der Waals surface area contributed by atoms with Crippen LogP contribution in [0.2, 0.25) is 0 Å². The predicted molar refractivity (Wildman–Crippen MR) is 151 cm³/mol. The van der Waals surface area contributed by atoms with Gasteiger partial charge in [-0.05, 0) is 56.7 Å². The van der Waals surface area contributed by atoms with Crippen molar-refractivity contribution in [2.75, 3.05) is 26.3 Å². The molecule has 39 heavy (non-hydrogen) atoms. The van der Waals surface area contributed by atoms with Crippen LogP contribution in [0.4, 0.5) is 0 Å². The number of carbonyl (C=O) groups excluding carboxylic acids is 3. The highest BCUT2D eigenvalue weighted by atomic mass is 35.5. The summed E-state index contributed by atoms with van der Waals surface area (Å²) in [5, 5.41) is 2.81. The first kappa shape index (κ1) is 30.6. The molecule has 0 bridgehead atoms.